The number of fused-ring (bicyclic) bond motifs is 1. The molecule has 7 nitrogen and oxygen atoms in total. The number of nitrogens with one attached hydrogen (secondary N) is 2. The average molecular weight is 550 g/mol. The topological polar surface area (TPSA) is 98.7 Å². The Balaban J connectivity index is 1.56. The summed E-state index contributed by atoms with van der Waals surface area (Å²) in [6.45, 7) is 9.85. The normalized spacial score (nSPS) is 30.0. The SMILES string of the molecule is Cc1ccc(C)c(NC(=O)C2N([C@@H](CO)CC(C)C)C(=O)[C@@H]3[C@H](C(=O)Nc4ccccc4)[C@]4(C)CCC23S4)c1. The van der Waals surface area contributed by atoms with Crippen LogP contribution in [0, 0.1) is 31.6 Å². The zero-order valence-corrected chi connectivity index (χ0v) is 24.2. The predicted molar refractivity (Wildman–Crippen MR) is 156 cm³/mol. The smallest absolute Gasteiger partial charge is 0.248 e. The molecular weight excluding hydrogens is 510 g/mol. The molecule has 2 aromatic carbocycles. The van der Waals surface area contributed by atoms with E-state index in [2.05, 4.69) is 17.6 Å². The number of carbonyl (C=O) groups is 3. The van der Waals surface area contributed by atoms with Crippen LogP contribution in [-0.2, 0) is 14.4 Å². The molecular formula is C31H39N3O4S. The van der Waals surface area contributed by atoms with Gasteiger partial charge in [-0.15, -0.1) is 11.8 Å². The van der Waals surface area contributed by atoms with Gasteiger partial charge in [-0.2, -0.15) is 0 Å². The van der Waals surface area contributed by atoms with Crippen molar-refractivity contribution in [1.29, 1.82) is 0 Å². The molecule has 208 valence electrons. The quantitative estimate of drug-likeness (QED) is 0.441. The van der Waals surface area contributed by atoms with E-state index in [-0.39, 0.29) is 30.2 Å². The number of thioether (sulfide) groups is 1. The predicted octanol–water partition coefficient (Wildman–Crippen LogP) is 4.77. The Morgan fingerprint density at radius 2 is 1.79 bits per heavy atom. The van der Waals surface area contributed by atoms with Gasteiger partial charge in [0.05, 0.1) is 29.2 Å². The molecule has 0 aromatic heterocycles. The summed E-state index contributed by atoms with van der Waals surface area (Å²) >= 11 is 1.64. The molecule has 3 heterocycles. The molecule has 2 unspecified atom stereocenters. The molecule has 0 aliphatic carbocycles. The highest BCUT2D eigenvalue weighted by molar-refractivity contribution is 8.02. The molecule has 6 atom stereocenters. The Morgan fingerprint density at radius 1 is 1.08 bits per heavy atom. The molecule has 3 fully saturated rings. The zero-order chi connectivity index (χ0) is 28.1. The maximum Gasteiger partial charge on any atom is 0.248 e. The number of aliphatic hydroxyl groups excluding tert-OH is 1. The van der Waals surface area contributed by atoms with Crippen molar-refractivity contribution < 1.29 is 19.5 Å². The number of nitrogens with zero attached hydrogens (tertiary/aromatic N) is 1. The first-order valence-corrected chi connectivity index (χ1v) is 14.7. The minimum Gasteiger partial charge on any atom is -0.394 e. The van der Waals surface area contributed by atoms with Crippen LogP contribution in [0.15, 0.2) is 48.5 Å². The van der Waals surface area contributed by atoms with Gasteiger partial charge in [0.1, 0.15) is 6.04 Å². The first kappa shape index (κ1) is 27.7. The molecule has 0 saturated carbocycles. The number of likely N-dealkylation sites (tertiary alicyclic amines) is 1. The third-order valence-electron chi connectivity index (χ3n) is 8.79. The van der Waals surface area contributed by atoms with Crippen LogP contribution in [0.5, 0.6) is 0 Å². The van der Waals surface area contributed by atoms with Gasteiger partial charge in [-0.1, -0.05) is 44.2 Å². The Labute approximate surface area is 235 Å². The van der Waals surface area contributed by atoms with E-state index in [0.29, 0.717) is 18.5 Å². The molecule has 0 radical (unpaired) electrons. The van der Waals surface area contributed by atoms with Crippen LogP contribution in [0.1, 0.15) is 51.2 Å². The Bertz CT molecular complexity index is 1280. The van der Waals surface area contributed by atoms with Gasteiger partial charge in [-0.3, -0.25) is 14.4 Å². The summed E-state index contributed by atoms with van der Waals surface area (Å²) in [5.41, 5.74) is 3.38. The van der Waals surface area contributed by atoms with E-state index >= 15 is 0 Å². The van der Waals surface area contributed by atoms with E-state index in [9.17, 15) is 19.5 Å². The van der Waals surface area contributed by atoms with Crippen LogP contribution < -0.4 is 10.6 Å². The number of rotatable bonds is 8. The monoisotopic (exact) mass is 549 g/mol. The summed E-state index contributed by atoms with van der Waals surface area (Å²) in [6.07, 6.45) is 1.98. The molecule has 39 heavy (non-hydrogen) atoms. The van der Waals surface area contributed by atoms with Crippen LogP contribution >= 0.6 is 11.8 Å². The lowest BCUT2D eigenvalue weighted by atomic mass is 9.66. The van der Waals surface area contributed by atoms with Crippen LogP contribution in [0.3, 0.4) is 0 Å². The first-order chi connectivity index (χ1) is 18.5. The van der Waals surface area contributed by atoms with Crippen molar-refractivity contribution in [1.82, 2.24) is 4.90 Å². The Morgan fingerprint density at radius 3 is 2.46 bits per heavy atom. The van der Waals surface area contributed by atoms with Crippen LogP contribution in [0.4, 0.5) is 11.4 Å². The molecule has 2 aromatic rings. The standard InChI is InChI=1S/C31H39N3O4S/c1-18(2)15-22(17-35)34-26(28(37)33-23-16-19(3)11-12-20(23)4)31-14-13-30(5,39-31)24(25(31)29(34)38)27(36)32-21-9-7-6-8-10-21/h6-12,16,18,22,24-26,35H,13-15,17H2,1-5H3,(H,32,36)(H,33,37)/t22-,24-,25+,26?,30+,31?/m1/s1. The Hall–Kier alpha value is -2.84. The van der Waals surface area contributed by atoms with Gasteiger partial charge in [-0.05, 0) is 75.3 Å². The molecule has 3 saturated heterocycles. The molecule has 5 rings (SSSR count). The second kappa shape index (κ2) is 10.3. The molecule has 3 aliphatic heterocycles. The summed E-state index contributed by atoms with van der Waals surface area (Å²) in [4.78, 5) is 44.1. The van der Waals surface area contributed by atoms with Gasteiger partial charge in [-0.25, -0.2) is 0 Å². The Kier molecular flexibility index (Phi) is 7.31. The van der Waals surface area contributed by atoms with Crippen LogP contribution in [-0.4, -0.2) is 55.9 Å². The highest BCUT2D eigenvalue weighted by Crippen LogP contribution is 2.71. The summed E-state index contributed by atoms with van der Waals surface area (Å²) in [7, 11) is 0. The van der Waals surface area contributed by atoms with Gasteiger partial charge in [0, 0.05) is 16.1 Å². The van der Waals surface area contributed by atoms with E-state index in [1.807, 2.05) is 76.2 Å². The lowest BCUT2D eigenvalue weighted by molar-refractivity contribution is -0.142. The minimum atomic E-state index is -0.785. The maximum absolute atomic E-state index is 14.4. The molecule has 3 aliphatic rings. The van der Waals surface area contributed by atoms with E-state index < -0.39 is 33.4 Å². The zero-order valence-electron chi connectivity index (χ0n) is 23.4. The summed E-state index contributed by atoms with van der Waals surface area (Å²) < 4.78 is -1.20. The van der Waals surface area contributed by atoms with Gasteiger partial charge in [0.2, 0.25) is 17.7 Å². The van der Waals surface area contributed by atoms with Crippen molar-refractivity contribution in [2.45, 2.75) is 75.5 Å². The largest absolute Gasteiger partial charge is 0.394 e. The first-order valence-electron chi connectivity index (χ1n) is 13.9. The van der Waals surface area contributed by atoms with Crippen LogP contribution in [0.2, 0.25) is 0 Å². The number of hydrogen-bond acceptors (Lipinski definition) is 5. The number of amides is 3. The number of aliphatic hydroxyl groups is 1. The highest BCUT2D eigenvalue weighted by atomic mass is 32.2. The summed E-state index contributed by atoms with van der Waals surface area (Å²) in [5, 5.41) is 16.6. The van der Waals surface area contributed by atoms with Crippen molar-refractivity contribution in [3.63, 3.8) is 0 Å². The summed E-state index contributed by atoms with van der Waals surface area (Å²) in [5.74, 6) is -1.63. The minimum absolute atomic E-state index is 0.184. The lowest BCUT2D eigenvalue weighted by Crippen LogP contribution is -2.55. The molecule has 3 amide bonds. The van der Waals surface area contributed by atoms with E-state index in [4.69, 9.17) is 0 Å². The van der Waals surface area contributed by atoms with Crippen molar-refractivity contribution >= 4 is 40.9 Å². The van der Waals surface area contributed by atoms with E-state index in [1.165, 1.54) is 0 Å². The number of hydrogen-bond donors (Lipinski definition) is 3. The number of anilines is 2. The van der Waals surface area contributed by atoms with Gasteiger partial charge in [0.25, 0.3) is 0 Å². The van der Waals surface area contributed by atoms with Gasteiger partial charge >= 0.3 is 0 Å². The van der Waals surface area contributed by atoms with Crippen molar-refractivity contribution in [3.05, 3.63) is 59.7 Å². The van der Waals surface area contributed by atoms with Gasteiger partial charge in [0.15, 0.2) is 0 Å². The van der Waals surface area contributed by atoms with Crippen molar-refractivity contribution in [2.24, 2.45) is 17.8 Å². The fraction of sp³-hybridized carbons (Fsp3) is 0.516. The number of benzene rings is 2. The average Bonchev–Trinajstić information content (AvgIpc) is 3.46. The second-order valence-corrected chi connectivity index (χ2v) is 14.0. The van der Waals surface area contributed by atoms with Crippen molar-refractivity contribution in [2.75, 3.05) is 17.2 Å². The van der Waals surface area contributed by atoms with E-state index in [1.54, 1.807) is 16.7 Å². The fourth-order valence-electron chi connectivity index (χ4n) is 7.09. The second-order valence-electron chi connectivity index (χ2n) is 12.1. The van der Waals surface area contributed by atoms with E-state index in [0.717, 1.165) is 23.2 Å². The molecule has 3 N–H and O–H groups in total. The number of carbonyl (C=O) groups excluding carboxylic acids is 3. The highest BCUT2D eigenvalue weighted by Gasteiger charge is 2.77. The molecule has 2 bridgehead atoms. The van der Waals surface area contributed by atoms with Crippen LogP contribution in [0.25, 0.3) is 0 Å². The fourth-order valence-corrected chi connectivity index (χ4v) is 9.43. The van der Waals surface area contributed by atoms with Gasteiger partial charge < -0.3 is 20.6 Å². The summed E-state index contributed by atoms with van der Waals surface area (Å²) in [6, 6.07) is 13.9. The maximum atomic E-state index is 14.4. The molecule has 1 spiro atoms. The third kappa shape index (κ3) is 4.65. The lowest BCUT2D eigenvalue weighted by Gasteiger charge is -2.37. The molecule has 8 heteroatoms. The number of aryl methyl sites for hydroxylation is 2. The van der Waals surface area contributed by atoms with Crippen molar-refractivity contribution in [3.8, 4) is 0 Å². The number of para-hydroxylation sites is 1. The third-order valence-corrected chi connectivity index (χ3v) is 10.8.